The molecule has 0 saturated heterocycles. The minimum Gasteiger partial charge on any atom is -0.495 e. The first-order valence-electron chi connectivity index (χ1n) is 5.40. The van der Waals surface area contributed by atoms with Crippen LogP contribution in [0.15, 0.2) is 21.1 Å². The molecular weight excluding hydrogens is 412 g/mol. The molecule has 1 amide bonds. The molecule has 0 aliphatic rings. The van der Waals surface area contributed by atoms with Gasteiger partial charge in [0.25, 0.3) is 5.91 Å². The first-order chi connectivity index (χ1) is 9.55. The van der Waals surface area contributed by atoms with Gasteiger partial charge in [-0.2, -0.15) is 0 Å². The molecule has 0 bridgehead atoms. The Hall–Kier alpha value is -1.19. The van der Waals surface area contributed by atoms with Crippen LogP contribution >= 0.6 is 43.2 Å². The average molecular weight is 422 g/mol. The van der Waals surface area contributed by atoms with Crippen molar-refractivity contribution < 1.29 is 9.53 Å². The second-order valence-electron chi connectivity index (χ2n) is 3.58. The standard InChI is InChI=1S/C11H10Br2N4O2S/c1-14-11-17-16-10(20-11)9(18)15-7-4-8(19-2)6(13)3-5(7)12/h3-4H,1-2H3,(H,14,17)(H,15,18). The lowest BCUT2D eigenvalue weighted by Crippen LogP contribution is -2.12. The van der Waals surface area contributed by atoms with Gasteiger partial charge in [-0.1, -0.05) is 11.3 Å². The number of amides is 1. The summed E-state index contributed by atoms with van der Waals surface area (Å²) in [7, 11) is 3.28. The van der Waals surface area contributed by atoms with E-state index in [9.17, 15) is 4.79 Å². The van der Waals surface area contributed by atoms with Gasteiger partial charge in [-0.15, -0.1) is 10.2 Å². The van der Waals surface area contributed by atoms with Crippen molar-refractivity contribution in [1.82, 2.24) is 10.2 Å². The maximum atomic E-state index is 12.1. The third-order valence-corrected chi connectivity index (χ3v) is 4.54. The lowest BCUT2D eigenvalue weighted by molar-refractivity contribution is 0.102. The largest absolute Gasteiger partial charge is 0.495 e. The fraction of sp³-hybridized carbons (Fsp3) is 0.182. The predicted molar refractivity (Wildman–Crippen MR) is 85.8 cm³/mol. The van der Waals surface area contributed by atoms with E-state index in [1.54, 1.807) is 26.3 Å². The summed E-state index contributed by atoms with van der Waals surface area (Å²) in [5.74, 6) is 0.297. The van der Waals surface area contributed by atoms with Gasteiger partial charge in [0, 0.05) is 17.6 Å². The van der Waals surface area contributed by atoms with E-state index in [4.69, 9.17) is 4.74 Å². The van der Waals surface area contributed by atoms with Crippen LogP contribution in [0.4, 0.5) is 10.8 Å². The number of carbonyl (C=O) groups excluding carboxylic acids is 1. The summed E-state index contributed by atoms with van der Waals surface area (Å²) in [6.07, 6.45) is 0. The highest BCUT2D eigenvalue weighted by atomic mass is 79.9. The number of halogens is 2. The lowest BCUT2D eigenvalue weighted by atomic mass is 10.3. The van der Waals surface area contributed by atoms with Crippen LogP contribution in [0.3, 0.4) is 0 Å². The Kier molecular flexibility index (Phi) is 4.95. The number of rotatable bonds is 4. The minimum absolute atomic E-state index is 0.281. The molecule has 0 fully saturated rings. The van der Waals surface area contributed by atoms with Crippen LogP contribution in [0.5, 0.6) is 5.75 Å². The predicted octanol–water partition coefficient (Wildman–Crippen LogP) is 3.37. The van der Waals surface area contributed by atoms with Crippen molar-refractivity contribution in [1.29, 1.82) is 0 Å². The van der Waals surface area contributed by atoms with Crippen molar-refractivity contribution in [2.24, 2.45) is 0 Å². The van der Waals surface area contributed by atoms with Crippen molar-refractivity contribution in [3.05, 3.63) is 26.1 Å². The Bertz CT molecular complexity index is 647. The summed E-state index contributed by atoms with van der Waals surface area (Å²) in [4.78, 5) is 12.1. The normalized spacial score (nSPS) is 10.2. The Morgan fingerprint density at radius 3 is 2.65 bits per heavy atom. The van der Waals surface area contributed by atoms with E-state index in [-0.39, 0.29) is 10.9 Å². The van der Waals surface area contributed by atoms with Gasteiger partial charge in [-0.05, 0) is 37.9 Å². The first-order valence-corrected chi connectivity index (χ1v) is 7.81. The zero-order valence-corrected chi connectivity index (χ0v) is 14.5. The molecule has 1 aromatic heterocycles. The maximum Gasteiger partial charge on any atom is 0.286 e. The molecule has 0 saturated carbocycles. The molecule has 0 aliphatic heterocycles. The zero-order chi connectivity index (χ0) is 14.7. The third kappa shape index (κ3) is 3.28. The van der Waals surface area contributed by atoms with Gasteiger partial charge in [-0.3, -0.25) is 4.79 Å². The van der Waals surface area contributed by atoms with Gasteiger partial charge >= 0.3 is 0 Å². The Morgan fingerprint density at radius 1 is 1.30 bits per heavy atom. The maximum absolute atomic E-state index is 12.1. The molecule has 0 unspecified atom stereocenters. The molecular formula is C11H10Br2N4O2S. The summed E-state index contributed by atoms with van der Waals surface area (Å²) in [5, 5.41) is 14.1. The highest BCUT2D eigenvalue weighted by molar-refractivity contribution is 9.11. The van der Waals surface area contributed by atoms with Crippen LogP contribution in [0.1, 0.15) is 9.80 Å². The fourth-order valence-electron chi connectivity index (χ4n) is 1.37. The number of hydrogen-bond acceptors (Lipinski definition) is 6. The highest BCUT2D eigenvalue weighted by Gasteiger charge is 2.15. The topological polar surface area (TPSA) is 76.1 Å². The minimum atomic E-state index is -0.325. The Morgan fingerprint density at radius 2 is 2.05 bits per heavy atom. The molecule has 20 heavy (non-hydrogen) atoms. The quantitative estimate of drug-likeness (QED) is 0.791. The number of nitrogens with one attached hydrogen (secondary N) is 2. The smallest absolute Gasteiger partial charge is 0.286 e. The summed E-state index contributed by atoms with van der Waals surface area (Å²) in [5.41, 5.74) is 0.594. The number of carbonyl (C=O) groups is 1. The number of methoxy groups -OCH3 is 1. The van der Waals surface area contributed by atoms with E-state index in [0.717, 1.165) is 8.95 Å². The SMILES string of the molecule is CNc1nnc(C(=O)Nc2cc(OC)c(Br)cc2Br)s1. The van der Waals surface area contributed by atoms with Crippen molar-refractivity contribution in [3.63, 3.8) is 0 Å². The third-order valence-electron chi connectivity index (χ3n) is 2.32. The number of benzene rings is 1. The molecule has 1 aromatic carbocycles. The van der Waals surface area contributed by atoms with E-state index >= 15 is 0 Å². The molecule has 6 nitrogen and oxygen atoms in total. The van der Waals surface area contributed by atoms with E-state index in [2.05, 4.69) is 52.7 Å². The van der Waals surface area contributed by atoms with E-state index in [1.165, 1.54) is 11.3 Å². The zero-order valence-electron chi connectivity index (χ0n) is 10.5. The molecule has 0 aliphatic carbocycles. The summed E-state index contributed by atoms with van der Waals surface area (Å²) in [6, 6.07) is 3.51. The van der Waals surface area contributed by atoms with Crippen LogP contribution in [-0.2, 0) is 0 Å². The molecule has 9 heteroatoms. The van der Waals surface area contributed by atoms with Gasteiger partial charge in [-0.25, -0.2) is 0 Å². The van der Waals surface area contributed by atoms with Gasteiger partial charge in [0.15, 0.2) is 0 Å². The molecule has 2 aromatic rings. The van der Waals surface area contributed by atoms with Crippen LogP contribution in [0.25, 0.3) is 0 Å². The number of aromatic nitrogens is 2. The first kappa shape index (κ1) is 15.2. The summed E-state index contributed by atoms with van der Waals surface area (Å²) in [6.45, 7) is 0. The van der Waals surface area contributed by atoms with E-state index < -0.39 is 0 Å². The Labute approximate surface area is 136 Å². The number of hydrogen-bond donors (Lipinski definition) is 2. The second kappa shape index (κ2) is 6.51. The fourth-order valence-corrected chi connectivity index (χ4v) is 3.22. The number of ether oxygens (including phenoxy) is 1. The van der Waals surface area contributed by atoms with Gasteiger partial charge in [0.1, 0.15) is 5.75 Å². The monoisotopic (exact) mass is 420 g/mol. The molecule has 1 heterocycles. The molecule has 2 N–H and O–H groups in total. The number of anilines is 2. The summed E-state index contributed by atoms with van der Waals surface area (Å²) < 4.78 is 6.72. The van der Waals surface area contributed by atoms with Gasteiger partial charge in [0.05, 0.1) is 17.3 Å². The second-order valence-corrected chi connectivity index (χ2v) is 6.27. The molecule has 2 rings (SSSR count). The van der Waals surface area contributed by atoms with Crippen LogP contribution in [-0.4, -0.2) is 30.3 Å². The van der Waals surface area contributed by atoms with Crippen LogP contribution in [0.2, 0.25) is 0 Å². The van der Waals surface area contributed by atoms with E-state index in [0.29, 0.717) is 16.6 Å². The van der Waals surface area contributed by atoms with Crippen LogP contribution in [0, 0.1) is 0 Å². The average Bonchev–Trinajstić information content (AvgIpc) is 2.90. The van der Waals surface area contributed by atoms with Crippen molar-refractivity contribution in [3.8, 4) is 5.75 Å². The molecule has 0 atom stereocenters. The summed E-state index contributed by atoms with van der Waals surface area (Å²) >= 11 is 7.93. The Balaban J connectivity index is 2.23. The lowest BCUT2D eigenvalue weighted by Gasteiger charge is -2.09. The van der Waals surface area contributed by atoms with Gasteiger partial charge < -0.3 is 15.4 Å². The molecule has 0 radical (unpaired) electrons. The van der Waals surface area contributed by atoms with Crippen molar-refractivity contribution in [2.45, 2.75) is 0 Å². The van der Waals surface area contributed by atoms with E-state index in [1.807, 2.05) is 0 Å². The molecule has 106 valence electrons. The van der Waals surface area contributed by atoms with Crippen molar-refractivity contribution in [2.75, 3.05) is 24.8 Å². The van der Waals surface area contributed by atoms with Gasteiger partial charge in [0.2, 0.25) is 10.1 Å². The van der Waals surface area contributed by atoms with Crippen LogP contribution < -0.4 is 15.4 Å². The van der Waals surface area contributed by atoms with Crippen molar-refractivity contribution >= 4 is 59.9 Å². The highest BCUT2D eigenvalue weighted by Crippen LogP contribution is 2.34. The molecule has 0 spiro atoms. The number of nitrogens with zero attached hydrogens (tertiary/aromatic N) is 2.